The second-order valence-corrected chi connectivity index (χ2v) is 6.78. The number of hydrogen-bond donors (Lipinski definition) is 1. The first-order valence-electron chi connectivity index (χ1n) is 7.74. The number of thiazole rings is 1. The molecule has 3 aromatic rings. The third-order valence-corrected chi connectivity index (χ3v) is 4.93. The van der Waals surface area contributed by atoms with Crippen LogP contribution in [0.15, 0.2) is 47.5 Å². The normalized spacial score (nSPS) is 12.5. The van der Waals surface area contributed by atoms with Gasteiger partial charge < -0.3 is 9.67 Å². The van der Waals surface area contributed by atoms with Crippen molar-refractivity contribution in [1.82, 2.24) is 4.57 Å². The first kappa shape index (κ1) is 18.8. The topological polar surface area (TPSA) is 71.7 Å². The third-order valence-electron chi connectivity index (χ3n) is 3.80. The molecule has 0 unspecified atom stereocenters. The summed E-state index contributed by atoms with van der Waals surface area (Å²) in [7, 11) is 0. The average Bonchev–Trinajstić information content (AvgIpc) is 2.91. The fourth-order valence-corrected chi connectivity index (χ4v) is 3.70. The summed E-state index contributed by atoms with van der Waals surface area (Å²) in [6, 6.07) is 10.0. The molecule has 27 heavy (non-hydrogen) atoms. The van der Waals surface area contributed by atoms with Crippen molar-refractivity contribution in [1.29, 1.82) is 0 Å². The summed E-state index contributed by atoms with van der Waals surface area (Å²) < 4.78 is 40.7. The molecule has 1 N–H and O–H groups in total. The van der Waals surface area contributed by atoms with Crippen molar-refractivity contribution in [2.75, 3.05) is 0 Å². The minimum Gasteiger partial charge on any atom is -0.480 e. The van der Waals surface area contributed by atoms with E-state index in [1.807, 2.05) is 6.92 Å². The van der Waals surface area contributed by atoms with Gasteiger partial charge in [-0.25, -0.2) is 0 Å². The van der Waals surface area contributed by atoms with Crippen molar-refractivity contribution in [3.8, 4) is 0 Å². The van der Waals surface area contributed by atoms with Crippen molar-refractivity contribution < 1.29 is 27.9 Å². The van der Waals surface area contributed by atoms with Gasteiger partial charge in [0.1, 0.15) is 6.54 Å². The number of alkyl halides is 3. The number of aryl methyl sites for hydroxylation is 1. The Morgan fingerprint density at radius 1 is 1.15 bits per heavy atom. The summed E-state index contributed by atoms with van der Waals surface area (Å²) in [5, 5.41) is 9.12. The van der Waals surface area contributed by atoms with Crippen molar-refractivity contribution in [3.63, 3.8) is 0 Å². The fourth-order valence-electron chi connectivity index (χ4n) is 2.54. The van der Waals surface area contributed by atoms with Crippen LogP contribution in [-0.4, -0.2) is 21.6 Å². The predicted octanol–water partition coefficient (Wildman–Crippen LogP) is 3.86. The SMILES string of the molecule is Cc1ccc(C(=O)/N=c2\sc3c(C(F)(F)F)cccc3n2CC(=O)O)cc1. The third kappa shape index (κ3) is 3.92. The highest BCUT2D eigenvalue weighted by Crippen LogP contribution is 2.36. The number of halogens is 3. The van der Waals surface area contributed by atoms with Crippen LogP contribution in [0.25, 0.3) is 10.2 Å². The number of carbonyl (C=O) groups excluding carboxylic acids is 1. The van der Waals surface area contributed by atoms with Gasteiger partial charge in [0.05, 0.1) is 15.8 Å². The van der Waals surface area contributed by atoms with Crippen molar-refractivity contribution >= 4 is 33.4 Å². The standard InChI is InChI=1S/C18H13F3N2O3S/c1-10-5-7-11(8-6-10)16(26)22-17-23(9-14(24)25)13-4-2-3-12(15(13)27-17)18(19,20)21/h2-8H,9H2,1H3,(H,24,25)/b22-17-. The van der Waals surface area contributed by atoms with E-state index in [0.29, 0.717) is 11.3 Å². The van der Waals surface area contributed by atoms with Gasteiger partial charge in [-0.1, -0.05) is 35.1 Å². The van der Waals surface area contributed by atoms with E-state index in [2.05, 4.69) is 4.99 Å². The summed E-state index contributed by atoms with van der Waals surface area (Å²) in [5.41, 5.74) is 0.362. The van der Waals surface area contributed by atoms with E-state index in [9.17, 15) is 22.8 Å². The number of rotatable bonds is 3. The molecule has 3 rings (SSSR count). The van der Waals surface area contributed by atoms with E-state index < -0.39 is 30.2 Å². The van der Waals surface area contributed by atoms with E-state index in [1.54, 1.807) is 24.3 Å². The molecule has 0 saturated carbocycles. The molecule has 2 aromatic carbocycles. The quantitative estimate of drug-likeness (QED) is 0.733. The van der Waals surface area contributed by atoms with Gasteiger partial charge in [-0.3, -0.25) is 9.59 Å². The Kier molecular flexibility index (Phi) is 4.88. The molecule has 0 bridgehead atoms. The van der Waals surface area contributed by atoms with E-state index in [1.165, 1.54) is 12.1 Å². The number of aromatic nitrogens is 1. The molecule has 1 amide bonds. The molecular weight excluding hydrogens is 381 g/mol. The van der Waals surface area contributed by atoms with Crippen LogP contribution in [0.4, 0.5) is 13.2 Å². The molecule has 0 spiro atoms. The van der Waals surface area contributed by atoms with Crippen molar-refractivity contribution in [3.05, 3.63) is 64.0 Å². The zero-order chi connectivity index (χ0) is 19.8. The molecule has 0 atom stereocenters. The van der Waals surface area contributed by atoms with Crippen LogP contribution in [0, 0.1) is 6.92 Å². The molecule has 0 saturated heterocycles. The van der Waals surface area contributed by atoms with E-state index >= 15 is 0 Å². The van der Waals surface area contributed by atoms with Crippen molar-refractivity contribution in [2.45, 2.75) is 19.6 Å². The van der Waals surface area contributed by atoms with Crippen LogP contribution in [0.2, 0.25) is 0 Å². The minimum absolute atomic E-state index is 0.0627. The van der Waals surface area contributed by atoms with Crippen LogP contribution in [0.1, 0.15) is 21.5 Å². The smallest absolute Gasteiger partial charge is 0.417 e. The highest BCUT2D eigenvalue weighted by Gasteiger charge is 2.33. The highest BCUT2D eigenvalue weighted by molar-refractivity contribution is 7.16. The van der Waals surface area contributed by atoms with Crippen LogP contribution in [0.5, 0.6) is 0 Å². The van der Waals surface area contributed by atoms with Crippen LogP contribution in [-0.2, 0) is 17.5 Å². The number of carboxylic acid groups (broad SMARTS) is 1. The van der Waals surface area contributed by atoms with Gasteiger partial charge in [0.2, 0.25) is 0 Å². The largest absolute Gasteiger partial charge is 0.480 e. The fraction of sp³-hybridized carbons (Fsp3) is 0.167. The number of aliphatic carboxylic acids is 1. The van der Waals surface area contributed by atoms with E-state index in [0.717, 1.165) is 16.2 Å². The number of amides is 1. The highest BCUT2D eigenvalue weighted by atomic mass is 32.1. The molecule has 0 aliphatic carbocycles. The molecule has 140 valence electrons. The maximum Gasteiger partial charge on any atom is 0.417 e. The summed E-state index contributed by atoms with van der Waals surface area (Å²) in [4.78, 5) is 27.3. The lowest BCUT2D eigenvalue weighted by atomic mass is 10.1. The lowest BCUT2D eigenvalue weighted by Crippen LogP contribution is -2.21. The lowest BCUT2D eigenvalue weighted by molar-refractivity contribution is -0.137. The Balaban J connectivity index is 2.23. The second-order valence-electron chi connectivity index (χ2n) is 5.80. The lowest BCUT2D eigenvalue weighted by Gasteiger charge is -2.07. The van der Waals surface area contributed by atoms with Crippen LogP contribution >= 0.6 is 11.3 Å². The Morgan fingerprint density at radius 3 is 2.41 bits per heavy atom. The van der Waals surface area contributed by atoms with E-state index in [4.69, 9.17) is 5.11 Å². The first-order chi connectivity index (χ1) is 12.7. The second kappa shape index (κ2) is 6.99. The Bertz CT molecular complexity index is 1100. The molecule has 0 aliphatic heterocycles. The van der Waals surface area contributed by atoms with Gasteiger partial charge in [-0.2, -0.15) is 18.2 Å². The van der Waals surface area contributed by atoms with Gasteiger partial charge in [0, 0.05) is 5.56 Å². The molecule has 0 radical (unpaired) electrons. The first-order valence-corrected chi connectivity index (χ1v) is 8.55. The number of hydrogen-bond acceptors (Lipinski definition) is 3. The average molecular weight is 394 g/mol. The Labute approximate surface area is 155 Å². The monoisotopic (exact) mass is 394 g/mol. The molecular formula is C18H13F3N2O3S. The number of carboxylic acids is 1. The minimum atomic E-state index is -4.61. The molecule has 9 heteroatoms. The molecule has 1 aromatic heterocycles. The van der Waals surface area contributed by atoms with Gasteiger partial charge >= 0.3 is 12.1 Å². The van der Waals surface area contributed by atoms with E-state index in [-0.39, 0.29) is 20.6 Å². The zero-order valence-corrected chi connectivity index (χ0v) is 14.8. The zero-order valence-electron chi connectivity index (χ0n) is 13.9. The van der Waals surface area contributed by atoms with Crippen LogP contribution in [0.3, 0.4) is 0 Å². The van der Waals surface area contributed by atoms with Crippen molar-refractivity contribution in [2.24, 2.45) is 4.99 Å². The maximum atomic E-state index is 13.3. The van der Waals surface area contributed by atoms with Gasteiger partial charge in [-0.15, -0.1) is 0 Å². The number of benzene rings is 2. The maximum absolute atomic E-state index is 13.3. The predicted molar refractivity (Wildman–Crippen MR) is 93.5 cm³/mol. The number of fused-ring (bicyclic) bond motifs is 1. The van der Waals surface area contributed by atoms with Gasteiger partial charge in [0.15, 0.2) is 4.80 Å². The number of nitrogens with zero attached hydrogens (tertiary/aromatic N) is 2. The van der Waals surface area contributed by atoms with Gasteiger partial charge in [-0.05, 0) is 31.2 Å². The van der Waals surface area contributed by atoms with Gasteiger partial charge in [0.25, 0.3) is 5.91 Å². The molecule has 1 heterocycles. The summed E-state index contributed by atoms with van der Waals surface area (Å²) in [6.07, 6.45) is -4.61. The molecule has 0 fully saturated rings. The van der Waals surface area contributed by atoms with Crippen LogP contribution < -0.4 is 4.80 Å². The molecule has 5 nitrogen and oxygen atoms in total. The summed E-state index contributed by atoms with van der Waals surface area (Å²) in [6.45, 7) is 1.23. The number of carbonyl (C=O) groups is 2. The Morgan fingerprint density at radius 2 is 1.81 bits per heavy atom. The summed E-state index contributed by atoms with van der Waals surface area (Å²) >= 11 is 0.638. The molecule has 0 aliphatic rings. The Hall–Kier alpha value is -2.94. The summed E-state index contributed by atoms with van der Waals surface area (Å²) in [5.74, 6) is -1.91.